The van der Waals surface area contributed by atoms with Gasteiger partial charge in [-0.05, 0) is 30.7 Å². The number of hydrazone groups is 1. The van der Waals surface area contributed by atoms with E-state index >= 15 is 0 Å². The van der Waals surface area contributed by atoms with E-state index in [0.29, 0.717) is 18.1 Å². The molecule has 0 bridgehead atoms. The Balaban J connectivity index is 1.86. The molecule has 0 aromatic heterocycles. The van der Waals surface area contributed by atoms with Gasteiger partial charge in [-0.25, -0.2) is 5.43 Å². The number of aryl methyl sites for hydroxylation is 1. The summed E-state index contributed by atoms with van der Waals surface area (Å²) in [5, 5.41) is 3.93. The topological polar surface area (TPSA) is 59.9 Å². The molecule has 1 amide bonds. The van der Waals surface area contributed by atoms with Gasteiger partial charge in [0, 0.05) is 5.56 Å². The summed E-state index contributed by atoms with van der Waals surface area (Å²) in [5.41, 5.74) is 4.17. The third-order valence-corrected chi connectivity index (χ3v) is 3.12. The van der Waals surface area contributed by atoms with Crippen molar-refractivity contribution in [3.8, 4) is 11.5 Å². The van der Waals surface area contributed by atoms with Crippen LogP contribution in [0, 0.1) is 6.92 Å². The SMILES string of the molecule is C=CCOc1ccccc1/C=N\NC(=O)COc1ccccc1C. The van der Waals surface area contributed by atoms with Crippen LogP contribution in [0.15, 0.2) is 66.3 Å². The quantitative estimate of drug-likeness (QED) is 0.461. The van der Waals surface area contributed by atoms with Gasteiger partial charge >= 0.3 is 0 Å². The monoisotopic (exact) mass is 324 g/mol. The molecule has 0 aliphatic heterocycles. The standard InChI is InChI=1S/C19H20N2O3/c1-3-12-23-18-11-7-5-9-16(18)13-20-21-19(22)14-24-17-10-6-4-8-15(17)2/h3-11,13H,1,12,14H2,2H3,(H,21,22)/b20-13-. The van der Waals surface area contributed by atoms with Crippen LogP contribution in [-0.2, 0) is 4.79 Å². The highest BCUT2D eigenvalue weighted by Gasteiger charge is 2.04. The molecule has 0 unspecified atom stereocenters. The molecule has 0 spiro atoms. The van der Waals surface area contributed by atoms with Gasteiger partial charge in [0.15, 0.2) is 6.61 Å². The van der Waals surface area contributed by atoms with Crippen molar-refractivity contribution in [2.24, 2.45) is 5.10 Å². The second kappa shape index (κ2) is 9.15. The maximum Gasteiger partial charge on any atom is 0.277 e. The van der Waals surface area contributed by atoms with E-state index in [1.54, 1.807) is 6.08 Å². The summed E-state index contributed by atoms with van der Waals surface area (Å²) in [6.45, 7) is 5.84. The average Bonchev–Trinajstić information content (AvgIpc) is 2.60. The summed E-state index contributed by atoms with van der Waals surface area (Å²) in [5.74, 6) is 1.02. The molecular weight excluding hydrogens is 304 g/mol. The van der Waals surface area contributed by atoms with Gasteiger partial charge in [-0.1, -0.05) is 43.0 Å². The van der Waals surface area contributed by atoms with Gasteiger partial charge in [-0.3, -0.25) is 4.79 Å². The number of ether oxygens (including phenoxy) is 2. The highest BCUT2D eigenvalue weighted by atomic mass is 16.5. The number of hydrogen-bond donors (Lipinski definition) is 1. The second-order valence-electron chi connectivity index (χ2n) is 4.98. The molecule has 0 saturated carbocycles. The van der Waals surface area contributed by atoms with E-state index in [1.165, 1.54) is 6.21 Å². The Labute approximate surface area is 141 Å². The lowest BCUT2D eigenvalue weighted by Gasteiger charge is -2.08. The van der Waals surface area contributed by atoms with Crippen LogP contribution in [0.2, 0.25) is 0 Å². The van der Waals surface area contributed by atoms with E-state index in [4.69, 9.17) is 9.47 Å². The Kier molecular flexibility index (Phi) is 6.58. The largest absolute Gasteiger partial charge is 0.489 e. The highest BCUT2D eigenvalue weighted by Crippen LogP contribution is 2.16. The fourth-order valence-corrected chi connectivity index (χ4v) is 1.94. The van der Waals surface area contributed by atoms with Crippen LogP contribution in [0.5, 0.6) is 11.5 Å². The third-order valence-electron chi connectivity index (χ3n) is 3.12. The van der Waals surface area contributed by atoms with E-state index in [0.717, 1.165) is 11.1 Å². The lowest BCUT2D eigenvalue weighted by Crippen LogP contribution is -2.24. The molecule has 0 atom stereocenters. The maximum atomic E-state index is 11.8. The predicted molar refractivity (Wildman–Crippen MR) is 94.5 cm³/mol. The summed E-state index contributed by atoms with van der Waals surface area (Å²) in [6.07, 6.45) is 3.20. The Morgan fingerprint density at radius 1 is 1.12 bits per heavy atom. The number of benzene rings is 2. The van der Waals surface area contributed by atoms with Crippen LogP contribution in [0.4, 0.5) is 0 Å². The highest BCUT2D eigenvalue weighted by molar-refractivity contribution is 5.85. The van der Waals surface area contributed by atoms with Crippen LogP contribution in [0.25, 0.3) is 0 Å². The number of nitrogens with one attached hydrogen (secondary N) is 1. The minimum absolute atomic E-state index is 0.100. The van der Waals surface area contributed by atoms with Gasteiger partial charge in [0.25, 0.3) is 5.91 Å². The summed E-state index contributed by atoms with van der Waals surface area (Å²) < 4.78 is 11.0. The number of para-hydroxylation sites is 2. The van der Waals surface area contributed by atoms with Gasteiger partial charge in [0.05, 0.1) is 6.21 Å². The Morgan fingerprint density at radius 2 is 1.83 bits per heavy atom. The van der Waals surface area contributed by atoms with Gasteiger partial charge < -0.3 is 9.47 Å². The number of amides is 1. The van der Waals surface area contributed by atoms with Crippen LogP contribution in [0.3, 0.4) is 0 Å². The Morgan fingerprint density at radius 3 is 2.58 bits per heavy atom. The van der Waals surface area contributed by atoms with Gasteiger partial charge in [-0.15, -0.1) is 0 Å². The lowest BCUT2D eigenvalue weighted by atomic mass is 10.2. The van der Waals surface area contributed by atoms with E-state index in [2.05, 4.69) is 17.1 Å². The molecule has 2 aromatic carbocycles. The molecule has 0 radical (unpaired) electrons. The van der Waals surface area contributed by atoms with Gasteiger partial charge in [-0.2, -0.15) is 5.10 Å². The smallest absolute Gasteiger partial charge is 0.277 e. The van der Waals surface area contributed by atoms with Crippen molar-refractivity contribution in [3.05, 3.63) is 72.3 Å². The van der Waals surface area contributed by atoms with Crippen molar-refractivity contribution in [2.75, 3.05) is 13.2 Å². The lowest BCUT2D eigenvalue weighted by molar-refractivity contribution is -0.123. The normalized spacial score (nSPS) is 10.4. The molecule has 0 fully saturated rings. The number of nitrogens with zero attached hydrogens (tertiary/aromatic N) is 1. The van der Waals surface area contributed by atoms with Crippen molar-refractivity contribution in [2.45, 2.75) is 6.92 Å². The number of carbonyl (C=O) groups excluding carboxylic acids is 1. The molecule has 24 heavy (non-hydrogen) atoms. The van der Waals surface area contributed by atoms with Crippen LogP contribution in [-0.4, -0.2) is 25.3 Å². The van der Waals surface area contributed by atoms with Crippen LogP contribution < -0.4 is 14.9 Å². The molecule has 0 aliphatic rings. The minimum Gasteiger partial charge on any atom is -0.489 e. The molecule has 2 aromatic rings. The molecule has 124 valence electrons. The summed E-state index contributed by atoms with van der Waals surface area (Å²) >= 11 is 0. The molecule has 0 aliphatic carbocycles. The van der Waals surface area contributed by atoms with Gasteiger partial charge in [0.2, 0.25) is 0 Å². The number of carbonyl (C=O) groups is 1. The zero-order valence-corrected chi connectivity index (χ0v) is 13.6. The fourth-order valence-electron chi connectivity index (χ4n) is 1.94. The number of rotatable bonds is 8. The molecule has 0 heterocycles. The third kappa shape index (κ3) is 5.28. The average molecular weight is 324 g/mol. The molecule has 2 rings (SSSR count). The maximum absolute atomic E-state index is 11.8. The predicted octanol–water partition coefficient (Wildman–Crippen LogP) is 3.09. The van der Waals surface area contributed by atoms with Crippen molar-refractivity contribution >= 4 is 12.1 Å². The second-order valence-corrected chi connectivity index (χ2v) is 4.98. The summed E-state index contributed by atoms with van der Waals surface area (Å²) in [6, 6.07) is 14.9. The Bertz CT molecular complexity index is 726. The van der Waals surface area contributed by atoms with E-state index in [-0.39, 0.29) is 12.5 Å². The minimum atomic E-state index is -0.334. The first-order valence-corrected chi connectivity index (χ1v) is 7.53. The van der Waals surface area contributed by atoms with Crippen molar-refractivity contribution < 1.29 is 14.3 Å². The summed E-state index contributed by atoms with van der Waals surface area (Å²) in [4.78, 5) is 11.8. The summed E-state index contributed by atoms with van der Waals surface area (Å²) in [7, 11) is 0. The van der Waals surface area contributed by atoms with E-state index in [1.807, 2.05) is 55.5 Å². The van der Waals surface area contributed by atoms with Crippen molar-refractivity contribution in [1.29, 1.82) is 0 Å². The number of hydrogen-bond acceptors (Lipinski definition) is 4. The van der Waals surface area contributed by atoms with E-state index < -0.39 is 0 Å². The first-order valence-electron chi connectivity index (χ1n) is 7.53. The molecule has 5 nitrogen and oxygen atoms in total. The van der Waals surface area contributed by atoms with Crippen LogP contribution in [0.1, 0.15) is 11.1 Å². The fraction of sp³-hybridized carbons (Fsp3) is 0.158. The van der Waals surface area contributed by atoms with Crippen molar-refractivity contribution in [1.82, 2.24) is 5.43 Å². The Hall–Kier alpha value is -3.08. The zero-order valence-electron chi connectivity index (χ0n) is 13.6. The van der Waals surface area contributed by atoms with Crippen molar-refractivity contribution in [3.63, 3.8) is 0 Å². The first-order chi connectivity index (χ1) is 11.7. The van der Waals surface area contributed by atoms with Crippen LogP contribution >= 0.6 is 0 Å². The molecule has 5 heteroatoms. The van der Waals surface area contributed by atoms with Gasteiger partial charge in [0.1, 0.15) is 18.1 Å². The molecular formula is C19H20N2O3. The molecule has 0 saturated heterocycles. The van der Waals surface area contributed by atoms with E-state index in [9.17, 15) is 4.79 Å². The first kappa shape index (κ1) is 17.3. The zero-order chi connectivity index (χ0) is 17.2. The molecule has 1 N–H and O–H groups in total.